The Kier molecular flexibility index (Phi) is 7.45. The van der Waals surface area contributed by atoms with E-state index in [2.05, 4.69) is 146 Å². The largest absolute Gasteiger partial charge is 0.235 e. The van der Waals surface area contributed by atoms with Crippen LogP contribution in [0.25, 0.3) is 110 Å². The first-order chi connectivity index (χ1) is 31.7. The monoisotopic (exact) mass is 830 g/mol. The molecule has 14 rings (SSSR count). The summed E-state index contributed by atoms with van der Waals surface area (Å²) >= 11 is 1.77. The zero-order valence-corrected chi connectivity index (χ0v) is 35.1. The van der Waals surface area contributed by atoms with E-state index in [0.29, 0.717) is 17.5 Å². The summed E-state index contributed by atoms with van der Waals surface area (Å²) in [6, 6.07) is 74.5. The van der Waals surface area contributed by atoms with Gasteiger partial charge in [0.1, 0.15) is 5.01 Å². The van der Waals surface area contributed by atoms with Crippen LogP contribution in [0.15, 0.2) is 206 Å². The van der Waals surface area contributed by atoms with Crippen molar-refractivity contribution in [2.24, 2.45) is 0 Å². The van der Waals surface area contributed by atoms with Gasteiger partial charge in [-0.2, -0.15) is 0 Å². The van der Waals surface area contributed by atoms with Crippen molar-refractivity contribution < 1.29 is 0 Å². The predicted molar refractivity (Wildman–Crippen MR) is 264 cm³/mol. The average Bonchev–Trinajstić information content (AvgIpc) is 4.03. The maximum Gasteiger partial charge on any atom is 0.164 e. The molecule has 4 nitrogen and oxygen atoms in total. The van der Waals surface area contributed by atoms with Crippen molar-refractivity contribution in [2.75, 3.05) is 0 Å². The summed E-state index contributed by atoms with van der Waals surface area (Å²) in [6.07, 6.45) is 0. The molecule has 5 heteroatoms. The summed E-state index contributed by atoms with van der Waals surface area (Å²) < 4.78 is 1.16. The predicted octanol–water partition coefficient (Wildman–Crippen LogP) is 15.0. The van der Waals surface area contributed by atoms with Crippen molar-refractivity contribution in [3.63, 3.8) is 0 Å². The van der Waals surface area contributed by atoms with Gasteiger partial charge in [0.25, 0.3) is 0 Å². The van der Waals surface area contributed by atoms with Crippen LogP contribution < -0.4 is 0 Å². The Bertz CT molecular complexity index is 3850. The van der Waals surface area contributed by atoms with Crippen LogP contribution in [-0.4, -0.2) is 19.9 Å². The van der Waals surface area contributed by atoms with Crippen molar-refractivity contribution in [3.05, 3.63) is 229 Å². The maximum absolute atomic E-state index is 5.54. The second kappa shape index (κ2) is 13.4. The fourth-order valence-corrected chi connectivity index (χ4v) is 11.7. The fourth-order valence-electron chi connectivity index (χ4n) is 10.7. The second-order valence-electron chi connectivity index (χ2n) is 16.9. The molecule has 1 spiro atoms. The molecule has 2 aliphatic rings. The van der Waals surface area contributed by atoms with Crippen molar-refractivity contribution in [1.29, 1.82) is 0 Å². The van der Waals surface area contributed by atoms with Gasteiger partial charge < -0.3 is 0 Å². The van der Waals surface area contributed by atoms with E-state index < -0.39 is 5.41 Å². The van der Waals surface area contributed by atoms with Crippen LogP contribution in [0.5, 0.6) is 0 Å². The van der Waals surface area contributed by atoms with Crippen LogP contribution in [0.3, 0.4) is 0 Å². The normalized spacial score (nSPS) is 14.6. The van der Waals surface area contributed by atoms with Gasteiger partial charge in [0.05, 0.1) is 15.6 Å². The highest BCUT2D eigenvalue weighted by molar-refractivity contribution is 7.21. The molecule has 0 saturated heterocycles. The lowest BCUT2D eigenvalue weighted by atomic mass is 9.70. The summed E-state index contributed by atoms with van der Waals surface area (Å²) in [4.78, 5) is 20.5. The van der Waals surface area contributed by atoms with Gasteiger partial charge in [-0.05, 0) is 102 Å². The fraction of sp³-hybridized carbons (Fsp3) is 0.0169. The molecule has 2 aliphatic carbocycles. The highest BCUT2D eigenvalue weighted by Gasteiger charge is 2.51. The molecule has 0 amide bonds. The van der Waals surface area contributed by atoms with Gasteiger partial charge in [-0.1, -0.05) is 176 Å². The summed E-state index contributed by atoms with van der Waals surface area (Å²) in [6.45, 7) is 0. The lowest BCUT2D eigenvalue weighted by Gasteiger charge is -2.30. The molecular weight excluding hydrogens is 797 g/mol. The van der Waals surface area contributed by atoms with Gasteiger partial charge in [-0.3, -0.25) is 0 Å². The van der Waals surface area contributed by atoms with Gasteiger partial charge in [0.15, 0.2) is 17.5 Å². The lowest BCUT2D eigenvalue weighted by Crippen LogP contribution is -2.25. The van der Waals surface area contributed by atoms with Gasteiger partial charge >= 0.3 is 0 Å². The molecule has 64 heavy (non-hydrogen) atoms. The molecule has 0 aliphatic heterocycles. The molecule has 12 aromatic rings. The number of aromatic nitrogens is 4. The zero-order chi connectivity index (χ0) is 41.9. The van der Waals surface area contributed by atoms with Crippen LogP contribution in [-0.2, 0) is 5.41 Å². The van der Waals surface area contributed by atoms with Crippen molar-refractivity contribution in [2.45, 2.75) is 5.41 Å². The minimum atomic E-state index is -0.447. The summed E-state index contributed by atoms with van der Waals surface area (Å²) in [5, 5.41) is 8.12. The Morgan fingerprint density at radius 1 is 0.328 bits per heavy atom. The van der Waals surface area contributed by atoms with E-state index in [1.807, 2.05) is 60.7 Å². The molecule has 1 atom stereocenters. The molecule has 296 valence electrons. The smallest absolute Gasteiger partial charge is 0.164 e. The first kappa shape index (κ1) is 35.5. The maximum atomic E-state index is 5.54. The molecule has 0 fully saturated rings. The van der Waals surface area contributed by atoms with Crippen LogP contribution in [0.1, 0.15) is 22.3 Å². The molecular formula is C59H34N4S. The molecule has 2 aromatic heterocycles. The number of hydrogen-bond acceptors (Lipinski definition) is 5. The zero-order valence-electron chi connectivity index (χ0n) is 34.3. The number of rotatable bonds is 4. The van der Waals surface area contributed by atoms with Crippen LogP contribution in [0.4, 0.5) is 0 Å². The minimum absolute atomic E-state index is 0.447. The molecule has 2 heterocycles. The van der Waals surface area contributed by atoms with Crippen molar-refractivity contribution >= 4 is 53.9 Å². The van der Waals surface area contributed by atoms with Crippen molar-refractivity contribution in [3.8, 4) is 67.0 Å². The standard InChI is InChI=1S/C59H34N4S/c1-3-13-36(14-4-1)55-61-56(37-15-5-2-6-16-37)63-57(62-55)41-25-28-43-40(31-41)24-23-35-27-30-52-54(53(35)43)60-58(64-52)42-26-29-46-44-19-9-11-21-48(44)59(50(46)34-42)49-22-12-10-20-45(49)47-32-38-17-7-8-18-39(38)33-51(47)59/h1-34H. The highest BCUT2D eigenvalue weighted by Crippen LogP contribution is 2.63. The van der Waals surface area contributed by atoms with E-state index in [-0.39, 0.29) is 0 Å². The Balaban J connectivity index is 0.930. The highest BCUT2D eigenvalue weighted by atomic mass is 32.1. The number of thiazole rings is 1. The van der Waals surface area contributed by atoms with Gasteiger partial charge in [0, 0.05) is 27.6 Å². The third-order valence-electron chi connectivity index (χ3n) is 13.5. The molecule has 0 saturated carbocycles. The minimum Gasteiger partial charge on any atom is -0.235 e. The van der Waals surface area contributed by atoms with E-state index in [1.54, 1.807) is 11.3 Å². The first-order valence-corrected chi connectivity index (χ1v) is 22.5. The number of benzene rings is 10. The third-order valence-corrected chi connectivity index (χ3v) is 14.6. The van der Waals surface area contributed by atoms with Crippen LogP contribution >= 0.6 is 11.3 Å². The van der Waals surface area contributed by atoms with Crippen LogP contribution in [0.2, 0.25) is 0 Å². The van der Waals surface area contributed by atoms with E-state index in [1.165, 1.54) is 55.3 Å². The van der Waals surface area contributed by atoms with Gasteiger partial charge in [-0.15, -0.1) is 11.3 Å². The van der Waals surface area contributed by atoms with E-state index >= 15 is 0 Å². The summed E-state index contributed by atoms with van der Waals surface area (Å²) in [7, 11) is 0. The van der Waals surface area contributed by atoms with Crippen molar-refractivity contribution in [1.82, 2.24) is 19.9 Å². The molecule has 0 bridgehead atoms. The van der Waals surface area contributed by atoms with E-state index in [4.69, 9.17) is 19.9 Å². The number of nitrogens with zero attached hydrogens (tertiary/aromatic N) is 4. The lowest BCUT2D eigenvalue weighted by molar-refractivity contribution is 0.795. The third kappa shape index (κ3) is 5.04. The second-order valence-corrected chi connectivity index (χ2v) is 17.9. The topological polar surface area (TPSA) is 51.6 Å². The average molecular weight is 831 g/mol. The quantitative estimate of drug-likeness (QED) is 0.166. The number of fused-ring (bicyclic) bond motifs is 16. The Morgan fingerprint density at radius 3 is 1.59 bits per heavy atom. The van der Waals surface area contributed by atoms with Gasteiger partial charge in [0.2, 0.25) is 0 Å². The molecule has 0 N–H and O–H groups in total. The molecule has 0 radical (unpaired) electrons. The first-order valence-electron chi connectivity index (χ1n) is 21.7. The van der Waals surface area contributed by atoms with Crippen LogP contribution in [0, 0.1) is 0 Å². The number of hydrogen-bond donors (Lipinski definition) is 0. The molecule has 10 aromatic carbocycles. The molecule has 1 unspecified atom stereocenters. The Hall–Kier alpha value is -8.12. The SMILES string of the molecule is c1ccc(-c2nc(-c3ccccc3)nc(-c3ccc4c(ccc5ccc6sc(-c7ccc8c(c7)C7(c9ccccc9-8)c8ccccc8-c8cc9ccccc9cc87)nc6c54)c3)n2)cc1. The Labute approximate surface area is 372 Å². The summed E-state index contributed by atoms with van der Waals surface area (Å²) in [5.41, 5.74) is 15.1. The van der Waals surface area contributed by atoms with E-state index in [9.17, 15) is 0 Å². The summed E-state index contributed by atoms with van der Waals surface area (Å²) in [5.74, 6) is 1.94. The Morgan fingerprint density at radius 2 is 0.875 bits per heavy atom. The van der Waals surface area contributed by atoms with E-state index in [0.717, 1.165) is 59.0 Å². The van der Waals surface area contributed by atoms with Gasteiger partial charge in [-0.25, -0.2) is 19.9 Å².